The lowest BCUT2D eigenvalue weighted by Crippen LogP contribution is -2.33. The normalized spacial score (nSPS) is 17.4. The van der Waals surface area contributed by atoms with Gasteiger partial charge in [-0.1, -0.05) is 24.3 Å². The van der Waals surface area contributed by atoms with Gasteiger partial charge >= 0.3 is 6.09 Å². The quantitative estimate of drug-likeness (QED) is 0.703. The molecule has 2 atom stereocenters. The van der Waals surface area contributed by atoms with Gasteiger partial charge in [-0.3, -0.25) is 9.69 Å². The standard InChI is InChI=1S/C20H22FN3O4/c1-12(26)23-9-16-10-24(20(27)28-16)15-6-7-17(18(21)8-15)13-2-4-14(5-3-13)19(22)11-25/h2-8,16,19,25H,9-11,22H2,1H3,(H,23,26)/t16-,19-/m0/s1. The van der Waals surface area contributed by atoms with Crippen molar-refractivity contribution in [3.05, 3.63) is 53.8 Å². The molecule has 1 aliphatic heterocycles. The van der Waals surface area contributed by atoms with Crippen molar-refractivity contribution in [1.82, 2.24) is 5.32 Å². The van der Waals surface area contributed by atoms with Gasteiger partial charge in [0.2, 0.25) is 5.91 Å². The Kier molecular flexibility index (Phi) is 5.91. The number of carbonyl (C=O) groups excluding carboxylic acids is 2. The summed E-state index contributed by atoms with van der Waals surface area (Å²) in [4.78, 5) is 24.4. The van der Waals surface area contributed by atoms with Crippen molar-refractivity contribution < 1.29 is 23.8 Å². The largest absolute Gasteiger partial charge is 0.442 e. The molecule has 0 aliphatic carbocycles. The van der Waals surface area contributed by atoms with Gasteiger partial charge in [-0.25, -0.2) is 9.18 Å². The smallest absolute Gasteiger partial charge is 0.414 e. The molecule has 1 heterocycles. The number of amides is 2. The molecule has 8 heteroatoms. The topological polar surface area (TPSA) is 105 Å². The molecule has 2 aromatic carbocycles. The summed E-state index contributed by atoms with van der Waals surface area (Å²) in [5.74, 6) is -0.689. The van der Waals surface area contributed by atoms with Crippen molar-refractivity contribution in [1.29, 1.82) is 0 Å². The molecule has 1 fully saturated rings. The molecule has 0 saturated carbocycles. The number of benzene rings is 2. The van der Waals surface area contributed by atoms with Gasteiger partial charge in [0.05, 0.1) is 31.4 Å². The first-order valence-corrected chi connectivity index (χ1v) is 8.88. The Hall–Kier alpha value is -2.97. The van der Waals surface area contributed by atoms with E-state index in [0.29, 0.717) is 16.8 Å². The number of nitrogens with zero attached hydrogens (tertiary/aromatic N) is 1. The Labute approximate surface area is 161 Å². The molecule has 0 unspecified atom stereocenters. The third kappa shape index (κ3) is 4.29. The van der Waals surface area contributed by atoms with Crippen LogP contribution in [0.5, 0.6) is 0 Å². The Balaban J connectivity index is 1.75. The molecule has 0 aromatic heterocycles. The second kappa shape index (κ2) is 8.37. The molecule has 0 bridgehead atoms. The Morgan fingerprint density at radius 3 is 2.68 bits per heavy atom. The van der Waals surface area contributed by atoms with Gasteiger partial charge in [0.15, 0.2) is 0 Å². The van der Waals surface area contributed by atoms with E-state index in [4.69, 9.17) is 15.6 Å². The zero-order valence-electron chi connectivity index (χ0n) is 15.4. The van der Waals surface area contributed by atoms with Gasteiger partial charge in [0, 0.05) is 12.5 Å². The molecule has 2 aromatic rings. The maximum absolute atomic E-state index is 14.7. The van der Waals surface area contributed by atoms with Gasteiger partial charge in [0.1, 0.15) is 11.9 Å². The number of aliphatic hydroxyl groups excluding tert-OH is 1. The monoisotopic (exact) mass is 387 g/mol. The number of nitrogens with two attached hydrogens (primary N) is 1. The Bertz CT molecular complexity index is 872. The first-order valence-electron chi connectivity index (χ1n) is 8.88. The predicted octanol–water partition coefficient (Wildman–Crippen LogP) is 1.95. The maximum Gasteiger partial charge on any atom is 0.414 e. The van der Waals surface area contributed by atoms with Crippen LogP contribution in [0.4, 0.5) is 14.9 Å². The van der Waals surface area contributed by atoms with Crippen LogP contribution in [0.25, 0.3) is 11.1 Å². The molecule has 7 nitrogen and oxygen atoms in total. The van der Waals surface area contributed by atoms with Crippen LogP contribution in [-0.2, 0) is 9.53 Å². The number of cyclic esters (lactones) is 1. The lowest BCUT2D eigenvalue weighted by molar-refractivity contribution is -0.119. The van der Waals surface area contributed by atoms with E-state index < -0.39 is 24.1 Å². The predicted molar refractivity (Wildman–Crippen MR) is 102 cm³/mol. The fraction of sp³-hybridized carbons (Fsp3) is 0.300. The zero-order valence-corrected chi connectivity index (χ0v) is 15.4. The first kappa shape index (κ1) is 19.8. The van der Waals surface area contributed by atoms with Crippen molar-refractivity contribution in [2.75, 3.05) is 24.6 Å². The van der Waals surface area contributed by atoms with Gasteiger partial charge in [-0.15, -0.1) is 0 Å². The van der Waals surface area contributed by atoms with Crippen LogP contribution in [0, 0.1) is 5.82 Å². The minimum atomic E-state index is -0.579. The third-order valence-electron chi connectivity index (χ3n) is 4.56. The summed E-state index contributed by atoms with van der Waals surface area (Å²) in [5.41, 5.74) is 7.95. The average molecular weight is 387 g/mol. The number of rotatable bonds is 6. The minimum Gasteiger partial charge on any atom is -0.442 e. The van der Waals surface area contributed by atoms with Gasteiger partial charge in [-0.05, 0) is 29.3 Å². The molecule has 1 saturated heterocycles. The lowest BCUT2D eigenvalue weighted by Gasteiger charge is -2.15. The van der Waals surface area contributed by atoms with E-state index in [-0.39, 0.29) is 25.6 Å². The van der Waals surface area contributed by atoms with Gasteiger partial charge in [-0.2, -0.15) is 0 Å². The summed E-state index contributed by atoms with van der Waals surface area (Å²) < 4.78 is 19.9. The first-order chi connectivity index (χ1) is 13.4. The molecule has 1 aliphatic rings. The number of halogens is 1. The molecule has 3 rings (SSSR count). The van der Waals surface area contributed by atoms with Crippen LogP contribution in [0.2, 0.25) is 0 Å². The van der Waals surface area contributed by atoms with Gasteiger partial charge < -0.3 is 20.9 Å². The average Bonchev–Trinajstić information content (AvgIpc) is 3.06. The number of anilines is 1. The van der Waals surface area contributed by atoms with E-state index in [2.05, 4.69) is 5.32 Å². The van der Waals surface area contributed by atoms with Crippen molar-refractivity contribution in [3.8, 4) is 11.1 Å². The second-order valence-electron chi connectivity index (χ2n) is 6.63. The number of hydrogen-bond acceptors (Lipinski definition) is 5. The fourth-order valence-corrected chi connectivity index (χ4v) is 3.02. The molecule has 28 heavy (non-hydrogen) atoms. The molecule has 148 valence electrons. The van der Waals surface area contributed by atoms with Crippen LogP contribution < -0.4 is 16.0 Å². The third-order valence-corrected chi connectivity index (χ3v) is 4.56. The van der Waals surface area contributed by atoms with Crippen LogP contribution >= 0.6 is 0 Å². The highest BCUT2D eigenvalue weighted by molar-refractivity contribution is 5.90. The van der Waals surface area contributed by atoms with Crippen LogP contribution in [0.15, 0.2) is 42.5 Å². The second-order valence-corrected chi connectivity index (χ2v) is 6.63. The molecular formula is C20H22FN3O4. The highest BCUT2D eigenvalue weighted by Gasteiger charge is 2.32. The van der Waals surface area contributed by atoms with Crippen LogP contribution in [0.1, 0.15) is 18.5 Å². The van der Waals surface area contributed by atoms with E-state index in [1.807, 2.05) is 0 Å². The summed E-state index contributed by atoms with van der Waals surface area (Å²) in [5, 5.41) is 11.7. The number of ether oxygens (including phenoxy) is 1. The van der Waals surface area contributed by atoms with Crippen molar-refractivity contribution in [3.63, 3.8) is 0 Å². The van der Waals surface area contributed by atoms with E-state index in [1.54, 1.807) is 36.4 Å². The molecule has 2 amide bonds. The molecular weight excluding hydrogens is 365 g/mol. The van der Waals surface area contributed by atoms with Crippen LogP contribution in [-0.4, -0.2) is 42.9 Å². The lowest BCUT2D eigenvalue weighted by atomic mass is 10.0. The fourth-order valence-electron chi connectivity index (χ4n) is 3.02. The maximum atomic E-state index is 14.7. The number of aliphatic hydroxyl groups is 1. The van der Waals surface area contributed by atoms with Crippen molar-refractivity contribution in [2.24, 2.45) is 5.73 Å². The highest BCUT2D eigenvalue weighted by Crippen LogP contribution is 2.29. The number of hydrogen-bond donors (Lipinski definition) is 3. The number of nitrogens with one attached hydrogen (secondary N) is 1. The number of carbonyl (C=O) groups is 2. The SMILES string of the molecule is CC(=O)NC[C@H]1CN(c2ccc(-c3ccc([C@@H](N)CO)cc3)c(F)c2)C(=O)O1. The van der Waals surface area contributed by atoms with Gasteiger partial charge in [0.25, 0.3) is 0 Å². The molecule has 0 spiro atoms. The van der Waals surface area contributed by atoms with E-state index in [0.717, 1.165) is 5.56 Å². The Morgan fingerprint density at radius 1 is 1.36 bits per heavy atom. The summed E-state index contributed by atoms with van der Waals surface area (Å²) in [7, 11) is 0. The highest BCUT2D eigenvalue weighted by atomic mass is 19.1. The zero-order chi connectivity index (χ0) is 20.3. The van der Waals surface area contributed by atoms with Crippen molar-refractivity contribution >= 4 is 17.7 Å². The van der Waals surface area contributed by atoms with Crippen molar-refractivity contribution in [2.45, 2.75) is 19.1 Å². The summed E-state index contributed by atoms with van der Waals surface area (Å²) in [6, 6.07) is 11.0. The van der Waals surface area contributed by atoms with E-state index in [9.17, 15) is 14.0 Å². The van der Waals surface area contributed by atoms with E-state index >= 15 is 0 Å². The summed E-state index contributed by atoms with van der Waals surface area (Å²) in [6.07, 6.45) is -1.06. The van der Waals surface area contributed by atoms with E-state index in [1.165, 1.54) is 17.9 Å². The summed E-state index contributed by atoms with van der Waals surface area (Å²) in [6.45, 7) is 1.65. The minimum absolute atomic E-state index is 0.169. The van der Waals surface area contributed by atoms with Crippen LogP contribution in [0.3, 0.4) is 0 Å². The Morgan fingerprint density at radius 2 is 2.07 bits per heavy atom. The summed E-state index contributed by atoms with van der Waals surface area (Å²) >= 11 is 0. The molecule has 0 radical (unpaired) electrons. The molecule has 4 N–H and O–H groups in total.